The molecule has 3 rings (SSSR count). The van der Waals surface area contributed by atoms with Crippen molar-refractivity contribution in [3.05, 3.63) is 54.7 Å². The average molecular weight is 254 g/mol. The molecule has 1 aromatic carbocycles. The Balaban J connectivity index is 1.59. The number of carbonyl (C=O) groups is 1. The summed E-state index contributed by atoms with van der Waals surface area (Å²) in [4.78, 5) is 18.8. The zero-order valence-corrected chi connectivity index (χ0v) is 10.3. The summed E-state index contributed by atoms with van der Waals surface area (Å²) in [6.45, 7) is 0.587. The maximum Gasteiger partial charge on any atom is 0.326 e. The fraction of sp³-hybridized carbons (Fsp3) is 0.143. The number of carbonyl (C=O) groups excluding carboxylic acids is 1. The highest BCUT2D eigenvalue weighted by molar-refractivity contribution is 5.80. The standard InChI is InChI=1S/C14H14N4O/c19-14(18-8-7-15-10-18)16-6-5-12-9-11-3-1-2-4-13(11)17-12/h1-4,7-10,17H,5-6H2,(H,16,19). The van der Waals surface area contributed by atoms with Crippen molar-refractivity contribution < 1.29 is 4.79 Å². The van der Waals surface area contributed by atoms with Crippen LogP contribution in [-0.2, 0) is 6.42 Å². The van der Waals surface area contributed by atoms with Crippen molar-refractivity contribution in [2.45, 2.75) is 6.42 Å². The molecule has 0 aliphatic carbocycles. The molecule has 96 valence electrons. The highest BCUT2D eigenvalue weighted by atomic mass is 16.2. The maximum atomic E-state index is 11.7. The minimum absolute atomic E-state index is 0.159. The number of amides is 1. The molecule has 0 bridgehead atoms. The van der Waals surface area contributed by atoms with Crippen molar-refractivity contribution in [2.75, 3.05) is 6.54 Å². The lowest BCUT2D eigenvalue weighted by Crippen LogP contribution is -2.29. The second kappa shape index (κ2) is 4.97. The van der Waals surface area contributed by atoms with Gasteiger partial charge in [-0.2, -0.15) is 0 Å². The second-order valence-electron chi connectivity index (χ2n) is 4.33. The van der Waals surface area contributed by atoms with Gasteiger partial charge >= 0.3 is 6.03 Å². The van der Waals surface area contributed by atoms with Crippen LogP contribution >= 0.6 is 0 Å². The molecule has 1 amide bonds. The van der Waals surface area contributed by atoms with Gasteiger partial charge < -0.3 is 10.3 Å². The number of rotatable bonds is 3. The monoisotopic (exact) mass is 254 g/mol. The number of nitrogens with zero attached hydrogens (tertiary/aromatic N) is 2. The SMILES string of the molecule is O=C(NCCc1cc2ccccc2[nH]1)n1ccnc1. The molecular formula is C14H14N4O. The van der Waals surface area contributed by atoms with Crippen molar-refractivity contribution in [3.8, 4) is 0 Å². The molecule has 0 spiro atoms. The van der Waals surface area contributed by atoms with Gasteiger partial charge in [-0.15, -0.1) is 0 Å². The summed E-state index contributed by atoms with van der Waals surface area (Å²) in [5, 5.41) is 4.03. The number of aromatic amines is 1. The Bertz CT molecular complexity index is 651. The summed E-state index contributed by atoms with van der Waals surface area (Å²) in [7, 11) is 0. The van der Waals surface area contributed by atoms with E-state index in [4.69, 9.17) is 0 Å². The fourth-order valence-electron chi connectivity index (χ4n) is 2.04. The molecule has 5 nitrogen and oxygen atoms in total. The summed E-state index contributed by atoms with van der Waals surface area (Å²) in [6.07, 6.45) is 5.46. The van der Waals surface area contributed by atoms with E-state index in [0.717, 1.165) is 17.6 Å². The zero-order valence-electron chi connectivity index (χ0n) is 10.3. The summed E-state index contributed by atoms with van der Waals surface area (Å²) in [5.41, 5.74) is 2.24. The second-order valence-corrected chi connectivity index (χ2v) is 4.33. The summed E-state index contributed by atoms with van der Waals surface area (Å²) < 4.78 is 1.42. The predicted molar refractivity (Wildman–Crippen MR) is 73.0 cm³/mol. The van der Waals surface area contributed by atoms with E-state index >= 15 is 0 Å². The van der Waals surface area contributed by atoms with Crippen LogP contribution in [0.3, 0.4) is 0 Å². The van der Waals surface area contributed by atoms with Crippen LogP contribution in [-0.4, -0.2) is 27.1 Å². The smallest absolute Gasteiger partial charge is 0.326 e. The van der Waals surface area contributed by atoms with E-state index in [0.29, 0.717) is 6.54 Å². The highest BCUT2D eigenvalue weighted by Gasteiger charge is 2.03. The molecule has 0 aliphatic rings. The molecule has 0 unspecified atom stereocenters. The molecule has 0 fully saturated rings. The Morgan fingerprint density at radius 3 is 3.05 bits per heavy atom. The Hall–Kier alpha value is -2.56. The molecule has 2 heterocycles. The summed E-state index contributed by atoms with van der Waals surface area (Å²) >= 11 is 0. The number of nitrogens with one attached hydrogen (secondary N) is 2. The Morgan fingerprint density at radius 1 is 1.37 bits per heavy atom. The lowest BCUT2D eigenvalue weighted by molar-refractivity contribution is 0.242. The van der Waals surface area contributed by atoms with Crippen LogP contribution in [0.1, 0.15) is 5.69 Å². The largest absolute Gasteiger partial charge is 0.358 e. The Morgan fingerprint density at radius 2 is 2.26 bits per heavy atom. The number of imidazole rings is 1. The molecule has 0 aliphatic heterocycles. The first kappa shape index (κ1) is 11.5. The molecule has 0 radical (unpaired) electrons. The van der Waals surface area contributed by atoms with Gasteiger partial charge in [-0.1, -0.05) is 18.2 Å². The summed E-state index contributed by atoms with van der Waals surface area (Å²) in [6, 6.07) is 10.1. The normalized spacial score (nSPS) is 10.7. The molecule has 2 aromatic heterocycles. The van der Waals surface area contributed by atoms with Gasteiger partial charge in [0.1, 0.15) is 6.33 Å². The van der Waals surface area contributed by atoms with Gasteiger partial charge in [-0.3, -0.25) is 4.57 Å². The van der Waals surface area contributed by atoms with Crippen molar-refractivity contribution in [1.29, 1.82) is 0 Å². The fourth-order valence-corrected chi connectivity index (χ4v) is 2.04. The van der Waals surface area contributed by atoms with Gasteiger partial charge in [0.25, 0.3) is 0 Å². The molecule has 2 N–H and O–H groups in total. The van der Waals surface area contributed by atoms with Crippen LogP contribution in [0.5, 0.6) is 0 Å². The van der Waals surface area contributed by atoms with Gasteiger partial charge in [0.2, 0.25) is 0 Å². The number of hydrogen-bond donors (Lipinski definition) is 2. The maximum absolute atomic E-state index is 11.7. The third kappa shape index (κ3) is 2.49. The number of hydrogen-bond acceptors (Lipinski definition) is 2. The van der Waals surface area contributed by atoms with Crippen molar-refractivity contribution in [1.82, 2.24) is 19.9 Å². The first-order chi connectivity index (χ1) is 9.33. The third-order valence-corrected chi connectivity index (χ3v) is 3.00. The Labute approximate surface area is 110 Å². The van der Waals surface area contributed by atoms with Crippen LogP contribution in [0.15, 0.2) is 49.1 Å². The van der Waals surface area contributed by atoms with Crippen LogP contribution in [0, 0.1) is 0 Å². The lowest BCUT2D eigenvalue weighted by Gasteiger charge is -2.03. The number of fused-ring (bicyclic) bond motifs is 1. The quantitative estimate of drug-likeness (QED) is 0.752. The van der Waals surface area contributed by atoms with Crippen LogP contribution in [0.25, 0.3) is 10.9 Å². The summed E-state index contributed by atoms with van der Waals surface area (Å²) in [5.74, 6) is 0. The molecule has 0 saturated carbocycles. The van der Waals surface area contributed by atoms with Gasteiger partial charge in [-0.05, 0) is 17.5 Å². The number of aromatic nitrogens is 3. The van der Waals surface area contributed by atoms with E-state index in [1.807, 2.05) is 18.2 Å². The molecule has 3 aromatic rings. The zero-order chi connectivity index (χ0) is 13.1. The molecule has 0 atom stereocenters. The van der Waals surface area contributed by atoms with Gasteiger partial charge in [0, 0.05) is 36.6 Å². The van der Waals surface area contributed by atoms with Gasteiger partial charge in [0.15, 0.2) is 0 Å². The topological polar surface area (TPSA) is 62.7 Å². The van der Waals surface area contributed by atoms with Gasteiger partial charge in [-0.25, -0.2) is 9.78 Å². The van der Waals surface area contributed by atoms with E-state index in [1.165, 1.54) is 16.3 Å². The minimum atomic E-state index is -0.159. The van der Waals surface area contributed by atoms with E-state index in [1.54, 1.807) is 12.4 Å². The number of para-hydroxylation sites is 1. The molecule has 5 heteroatoms. The lowest BCUT2D eigenvalue weighted by atomic mass is 10.2. The molecule has 19 heavy (non-hydrogen) atoms. The number of benzene rings is 1. The van der Waals surface area contributed by atoms with Gasteiger partial charge in [0.05, 0.1) is 0 Å². The minimum Gasteiger partial charge on any atom is -0.358 e. The van der Waals surface area contributed by atoms with Crippen LogP contribution < -0.4 is 5.32 Å². The molecular weight excluding hydrogens is 240 g/mol. The first-order valence-corrected chi connectivity index (χ1v) is 6.16. The van der Waals surface area contributed by atoms with Crippen LogP contribution in [0.2, 0.25) is 0 Å². The third-order valence-electron chi connectivity index (χ3n) is 3.00. The van der Waals surface area contributed by atoms with Crippen molar-refractivity contribution in [3.63, 3.8) is 0 Å². The van der Waals surface area contributed by atoms with E-state index < -0.39 is 0 Å². The highest BCUT2D eigenvalue weighted by Crippen LogP contribution is 2.14. The van der Waals surface area contributed by atoms with Crippen molar-refractivity contribution in [2.24, 2.45) is 0 Å². The van der Waals surface area contributed by atoms with E-state index in [9.17, 15) is 4.79 Å². The Kier molecular flexibility index (Phi) is 3.02. The van der Waals surface area contributed by atoms with E-state index in [2.05, 4.69) is 27.4 Å². The van der Waals surface area contributed by atoms with Crippen LogP contribution in [0.4, 0.5) is 4.79 Å². The van der Waals surface area contributed by atoms with E-state index in [-0.39, 0.29) is 6.03 Å². The number of H-pyrrole nitrogens is 1. The average Bonchev–Trinajstić information content (AvgIpc) is 3.07. The first-order valence-electron chi connectivity index (χ1n) is 6.16. The van der Waals surface area contributed by atoms with Crippen molar-refractivity contribution >= 4 is 16.9 Å². The molecule has 0 saturated heterocycles. The predicted octanol–water partition coefficient (Wildman–Crippen LogP) is 2.16.